The van der Waals surface area contributed by atoms with E-state index in [0.29, 0.717) is 16.9 Å². The molecular formula is C24H21FN4O3S. The van der Waals surface area contributed by atoms with Gasteiger partial charge in [-0.3, -0.25) is 9.78 Å². The van der Waals surface area contributed by atoms with Gasteiger partial charge in [-0.1, -0.05) is 12.1 Å². The molecular weight excluding hydrogens is 443 g/mol. The molecule has 2 aromatic carbocycles. The van der Waals surface area contributed by atoms with Crippen molar-refractivity contribution in [2.24, 2.45) is 0 Å². The molecule has 0 aliphatic carbocycles. The van der Waals surface area contributed by atoms with Crippen LogP contribution < -0.4 is 10.6 Å². The maximum Gasteiger partial charge on any atom is 0.260 e. The minimum absolute atomic E-state index is 0.0211. The summed E-state index contributed by atoms with van der Waals surface area (Å²) >= 11 is 0. The zero-order valence-corrected chi connectivity index (χ0v) is 18.8. The van der Waals surface area contributed by atoms with Crippen molar-refractivity contribution in [2.75, 3.05) is 16.9 Å². The van der Waals surface area contributed by atoms with Crippen LogP contribution in [0.5, 0.6) is 0 Å². The number of aromatic nitrogens is 2. The summed E-state index contributed by atoms with van der Waals surface area (Å²) in [6.07, 6.45) is 2.40. The average molecular weight is 465 g/mol. The number of hydrogen-bond donors (Lipinski definition) is 1. The topological polar surface area (TPSA) is 106 Å². The molecule has 0 spiro atoms. The van der Waals surface area contributed by atoms with Gasteiger partial charge in [0.25, 0.3) is 5.91 Å². The summed E-state index contributed by atoms with van der Waals surface area (Å²) in [4.78, 5) is 23.0. The van der Waals surface area contributed by atoms with E-state index in [1.807, 2.05) is 18.2 Å². The van der Waals surface area contributed by atoms with Crippen molar-refractivity contribution in [1.82, 2.24) is 9.97 Å². The summed E-state index contributed by atoms with van der Waals surface area (Å²) in [6.45, 7) is 1.81. The number of aryl methyl sites for hydroxylation is 1. The summed E-state index contributed by atoms with van der Waals surface area (Å²) in [5.74, 6) is -0.829. The molecule has 0 aliphatic heterocycles. The predicted octanol–water partition coefficient (Wildman–Crippen LogP) is 3.91. The average Bonchev–Trinajstić information content (AvgIpc) is 2.77. The van der Waals surface area contributed by atoms with Gasteiger partial charge in [0, 0.05) is 23.5 Å². The largest absolute Gasteiger partial charge is 0.384 e. The third-order valence-electron chi connectivity index (χ3n) is 5.13. The molecule has 168 valence electrons. The molecule has 2 heterocycles. The number of anilines is 2. The minimum Gasteiger partial charge on any atom is -0.384 e. The van der Waals surface area contributed by atoms with Crippen LogP contribution in [0.15, 0.2) is 71.8 Å². The van der Waals surface area contributed by atoms with Gasteiger partial charge < -0.3 is 10.6 Å². The second-order valence-electron chi connectivity index (χ2n) is 7.73. The first kappa shape index (κ1) is 22.3. The highest BCUT2D eigenvalue weighted by molar-refractivity contribution is 7.90. The zero-order chi connectivity index (χ0) is 23.8. The fraction of sp³-hybridized carbons (Fsp3) is 0.125. The van der Waals surface area contributed by atoms with E-state index >= 15 is 0 Å². The SMILES string of the molecule is Cc1ccc(C(=O)N(Cc2ccc3ccc(N)nc3c2)c2ccc(F)cc2S(C)(=O)=O)cn1. The van der Waals surface area contributed by atoms with Gasteiger partial charge >= 0.3 is 0 Å². The smallest absolute Gasteiger partial charge is 0.260 e. The highest BCUT2D eigenvalue weighted by Gasteiger charge is 2.25. The molecule has 4 aromatic rings. The first-order valence-electron chi connectivity index (χ1n) is 10.0. The summed E-state index contributed by atoms with van der Waals surface area (Å²) in [5, 5.41) is 0.868. The number of benzene rings is 2. The Bertz CT molecular complexity index is 1470. The van der Waals surface area contributed by atoms with Crippen molar-refractivity contribution in [3.63, 3.8) is 0 Å². The summed E-state index contributed by atoms with van der Waals surface area (Å²) in [6, 6.07) is 15.6. The Balaban J connectivity index is 1.85. The molecule has 2 N–H and O–H groups in total. The molecule has 0 bridgehead atoms. The highest BCUT2D eigenvalue weighted by atomic mass is 32.2. The minimum atomic E-state index is -3.83. The van der Waals surface area contributed by atoms with Crippen molar-refractivity contribution in [1.29, 1.82) is 0 Å². The number of fused-ring (bicyclic) bond motifs is 1. The number of rotatable bonds is 5. The molecule has 9 heteroatoms. The molecule has 0 aliphatic rings. The lowest BCUT2D eigenvalue weighted by atomic mass is 10.1. The summed E-state index contributed by atoms with van der Waals surface area (Å²) in [7, 11) is -3.83. The Morgan fingerprint density at radius 1 is 1.06 bits per heavy atom. The Morgan fingerprint density at radius 3 is 2.52 bits per heavy atom. The second-order valence-corrected chi connectivity index (χ2v) is 9.71. The molecule has 1 amide bonds. The molecule has 2 aromatic heterocycles. The van der Waals surface area contributed by atoms with Crippen molar-refractivity contribution in [2.45, 2.75) is 18.4 Å². The van der Waals surface area contributed by atoms with E-state index in [1.54, 1.807) is 31.2 Å². The van der Waals surface area contributed by atoms with E-state index in [1.165, 1.54) is 17.2 Å². The lowest BCUT2D eigenvalue weighted by Crippen LogP contribution is -2.32. The standard InChI is InChI=1S/C24H21FN4O3S/c1-15-3-5-18(13-27-15)24(30)29(21-9-8-19(25)12-22(21)33(2,31)32)14-16-4-6-17-7-10-23(26)28-20(17)11-16/h3-13H,14H2,1-2H3,(H2,26,28). The van der Waals surface area contributed by atoms with Crippen LogP contribution in [-0.4, -0.2) is 30.5 Å². The second kappa shape index (κ2) is 8.59. The van der Waals surface area contributed by atoms with Crippen LogP contribution in [-0.2, 0) is 16.4 Å². The number of halogens is 1. The molecule has 0 saturated heterocycles. The Kier molecular flexibility index (Phi) is 5.82. The van der Waals surface area contributed by atoms with Crippen LogP contribution >= 0.6 is 0 Å². The number of nitrogen functional groups attached to an aromatic ring is 1. The van der Waals surface area contributed by atoms with E-state index in [4.69, 9.17) is 5.73 Å². The van der Waals surface area contributed by atoms with Gasteiger partial charge in [0.15, 0.2) is 9.84 Å². The highest BCUT2D eigenvalue weighted by Crippen LogP contribution is 2.30. The number of hydrogen-bond acceptors (Lipinski definition) is 6. The summed E-state index contributed by atoms with van der Waals surface area (Å²) < 4.78 is 38.8. The Labute approximate surface area is 190 Å². The normalized spacial score (nSPS) is 11.5. The monoisotopic (exact) mass is 464 g/mol. The fourth-order valence-corrected chi connectivity index (χ4v) is 4.37. The van der Waals surface area contributed by atoms with E-state index in [-0.39, 0.29) is 22.7 Å². The van der Waals surface area contributed by atoms with Crippen molar-refractivity contribution < 1.29 is 17.6 Å². The predicted molar refractivity (Wildman–Crippen MR) is 125 cm³/mol. The van der Waals surface area contributed by atoms with Gasteiger partial charge in [-0.05, 0) is 61.0 Å². The number of pyridine rings is 2. The first-order chi connectivity index (χ1) is 15.6. The molecule has 0 unspecified atom stereocenters. The van der Waals surface area contributed by atoms with E-state index < -0.39 is 21.6 Å². The van der Waals surface area contributed by atoms with Crippen LogP contribution in [0.2, 0.25) is 0 Å². The van der Waals surface area contributed by atoms with Gasteiger partial charge in [0.05, 0.1) is 28.2 Å². The van der Waals surface area contributed by atoms with Crippen LogP contribution in [0.4, 0.5) is 15.9 Å². The van der Waals surface area contributed by atoms with Crippen molar-refractivity contribution >= 4 is 38.2 Å². The molecule has 33 heavy (non-hydrogen) atoms. The molecule has 0 fully saturated rings. The van der Waals surface area contributed by atoms with Gasteiger partial charge in [0.2, 0.25) is 0 Å². The molecule has 4 rings (SSSR count). The number of carbonyl (C=O) groups is 1. The lowest BCUT2D eigenvalue weighted by molar-refractivity contribution is 0.0984. The summed E-state index contributed by atoms with van der Waals surface area (Å²) in [5.41, 5.74) is 8.21. The van der Waals surface area contributed by atoms with Gasteiger partial charge in [-0.25, -0.2) is 17.8 Å². The number of carbonyl (C=O) groups excluding carboxylic acids is 1. The molecule has 0 radical (unpaired) electrons. The van der Waals surface area contributed by atoms with Gasteiger partial charge in [-0.2, -0.15) is 0 Å². The maximum atomic E-state index is 14.0. The fourth-order valence-electron chi connectivity index (χ4n) is 3.48. The number of nitrogens with zero attached hydrogens (tertiary/aromatic N) is 3. The molecule has 0 saturated carbocycles. The third kappa shape index (κ3) is 4.83. The molecule has 0 atom stereocenters. The van der Waals surface area contributed by atoms with Crippen molar-refractivity contribution in [3.8, 4) is 0 Å². The number of amides is 1. The van der Waals surface area contributed by atoms with Crippen LogP contribution in [0, 0.1) is 12.7 Å². The number of nitrogens with two attached hydrogens (primary N) is 1. The van der Waals surface area contributed by atoms with Gasteiger partial charge in [-0.15, -0.1) is 0 Å². The van der Waals surface area contributed by atoms with Crippen LogP contribution in [0.25, 0.3) is 10.9 Å². The lowest BCUT2D eigenvalue weighted by Gasteiger charge is -2.25. The van der Waals surface area contributed by atoms with Crippen LogP contribution in [0.1, 0.15) is 21.6 Å². The Hall–Kier alpha value is -3.85. The number of sulfone groups is 1. The third-order valence-corrected chi connectivity index (χ3v) is 6.26. The first-order valence-corrected chi connectivity index (χ1v) is 11.9. The van der Waals surface area contributed by atoms with Crippen LogP contribution in [0.3, 0.4) is 0 Å². The molecule has 7 nitrogen and oxygen atoms in total. The van der Waals surface area contributed by atoms with Crippen molar-refractivity contribution in [3.05, 3.63) is 89.5 Å². The maximum absolute atomic E-state index is 14.0. The quantitative estimate of drug-likeness (QED) is 0.480. The van der Waals surface area contributed by atoms with E-state index in [9.17, 15) is 17.6 Å². The Morgan fingerprint density at radius 2 is 1.82 bits per heavy atom. The van der Waals surface area contributed by atoms with Gasteiger partial charge in [0.1, 0.15) is 11.6 Å². The zero-order valence-electron chi connectivity index (χ0n) is 18.0. The van der Waals surface area contributed by atoms with E-state index in [2.05, 4.69) is 9.97 Å². The van der Waals surface area contributed by atoms with E-state index in [0.717, 1.165) is 29.5 Å².